The first-order chi connectivity index (χ1) is 14.2. The summed E-state index contributed by atoms with van der Waals surface area (Å²) in [6.45, 7) is 2.94. The Balaban J connectivity index is 1.77. The lowest BCUT2D eigenvalue weighted by atomic mass is 10.1. The third-order valence-electron chi connectivity index (χ3n) is 4.28. The number of nitrogens with zero attached hydrogens (tertiary/aromatic N) is 1. The van der Waals surface area contributed by atoms with Crippen molar-refractivity contribution < 1.29 is 19.1 Å². The maximum Gasteiger partial charge on any atom is 0.513 e. The fraction of sp³-hybridized carbons (Fsp3) is 0.167. The van der Waals surface area contributed by atoms with E-state index in [2.05, 4.69) is 0 Å². The van der Waals surface area contributed by atoms with Crippen LogP contribution in [0.1, 0.15) is 28.4 Å². The molecular weight excluding hydrogens is 366 g/mol. The van der Waals surface area contributed by atoms with E-state index in [0.29, 0.717) is 24.4 Å². The molecular formula is C24H23NO4. The first kappa shape index (κ1) is 20.1. The summed E-state index contributed by atoms with van der Waals surface area (Å²) in [5, 5.41) is 0. The lowest BCUT2D eigenvalue weighted by Gasteiger charge is -2.23. The normalized spacial score (nSPS) is 10.2. The average molecular weight is 389 g/mol. The molecule has 3 rings (SSSR count). The molecule has 0 heterocycles. The number of carbonyl (C=O) groups is 2. The number of hydrogen-bond acceptors (Lipinski definition) is 4. The highest BCUT2D eigenvalue weighted by Gasteiger charge is 2.17. The average Bonchev–Trinajstić information content (AvgIpc) is 2.75. The lowest BCUT2D eigenvalue weighted by Crippen LogP contribution is -2.30. The Morgan fingerprint density at radius 2 is 1.28 bits per heavy atom. The zero-order valence-corrected chi connectivity index (χ0v) is 16.3. The molecule has 0 aromatic heterocycles. The number of rotatable bonds is 7. The summed E-state index contributed by atoms with van der Waals surface area (Å²) < 4.78 is 9.81. The standard InChI is InChI=1S/C24H23NO4/c1-2-28-24(27)29-22-15-13-21(14-16-22)23(26)25(17-19-9-5-3-6-10-19)18-20-11-7-4-8-12-20/h3-16H,2,17-18H2,1H3. The molecule has 1 amide bonds. The van der Waals surface area contributed by atoms with Crippen molar-refractivity contribution in [2.45, 2.75) is 20.0 Å². The molecule has 0 radical (unpaired) electrons. The lowest BCUT2D eigenvalue weighted by molar-refractivity contribution is 0.0730. The van der Waals surface area contributed by atoms with Gasteiger partial charge in [-0.2, -0.15) is 0 Å². The van der Waals surface area contributed by atoms with Crippen LogP contribution in [0.5, 0.6) is 5.75 Å². The molecule has 0 aliphatic heterocycles. The monoisotopic (exact) mass is 389 g/mol. The largest absolute Gasteiger partial charge is 0.513 e. The predicted octanol–water partition coefficient (Wildman–Crippen LogP) is 5.06. The molecule has 5 nitrogen and oxygen atoms in total. The van der Waals surface area contributed by atoms with Gasteiger partial charge in [0.25, 0.3) is 5.91 Å². The van der Waals surface area contributed by atoms with Gasteiger partial charge in [0.05, 0.1) is 6.61 Å². The van der Waals surface area contributed by atoms with Gasteiger partial charge in [-0.15, -0.1) is 0 Å². The van der Waals surface area contributed by atoms with E-state index in [1.54, 1.807) is 36.1 Å². The maximum absolute atomic E-state index is 13.2. The van der Waals surface area contributed by atoms with Crippen LogP contribution in [0.15, 0.2) is 84.9 Å². The van der Waals surface area contributed by atoms with Gasteiger partial charge < -0.3 is 14.4 Å². The van der Waals surface area contributed by atoms with Crippen LogP contribution < -0.4 is 4.74 Å². The third-order valence-corrected chi connectivity index (χ3v) is 4.28. The van der Waals surface area contributed by atoms with Gasteiger partial charge in [-0.25, -0.2) is 4.79 Å². The zero-order valence-electron chi connectivity index (χ0n) is 16.3. The van der Waals surface area contributed by atoms with Crippen molar-refractivity contribution in [2.75, 3.05) is 6.61 Å². The third kappa shape index (κ3) is 5.94. The zero-order chi connectivity index (χ0) is 20.5. The fourth-order valence-corrected chi connectivity index (χ4v) is 2.90. The first-order valence-corrected chi connectivity index (χ1v) is 9.47. The minimum Gasteiger partial charge on any atom is -0.434 e. The van der Waals surface area contributed by atoms with Crippen LogP contribution in [0.25, 0.3) is 0 Å². The van der Waals surface area contributed by atoms with Crippen LogP contribution in [-0.4, -0.2) is 23.6 Å². The van der Waals surface area contributed by atoms with Crippen molar-refractivity contribution in [3.63, 3.8) is 0 Å². The molecule has 0 spiro atoms. The van der Waals surface area contributed by atoms with Gasteiger partial charge in [0.1, 0.15) is 5.75 Å². The van der Waals surface area contributed by atoms with E-state index in [1.165, 1.54) is 0 Å². The molecule has 5 heteroatoms. The summed E-state index contributed by atoms with van der Waals surface area (Å²) in [5.74, 6) is 0.234. The van der Waals surface area contributed by atoms with E-state index in [9.17, 15) is 9.59 Å². The molecule has 0 aliphatic rings. The molecule has 0 saturated heterocycles. The van der Waals surface area contributed by atoms with Crippen molar-refractivity contribution in [2.24, 2.45) is 0 Å². The Morgan fingerprint density at radius 1 is 0.759 bits per heavy atom. The van der Waals surface area contributed by atoms with Gasteiger partial charge in [-0.1, -0.05) is 60.7 Å². The number of ether oxygens (including phenoxy) is 2. The SMILES string of the molecule is CCOC(=O)Oc1ccc(C(=O)N(Cc2ccccc2)Cc2ccccc2)cc1. The van der Waals surface area contributed by atoms with Gasteiger partial charge in [0, 0.05) is 18.7 Å². The van der Waals surface area contributed by atoms with Crippen molar-refractivity contribution in [3.05, 3.63) is 102 Å². The highest BCUT2D eigenvalue weighted by molar-refractivity contribution is 5.94. The summed E-state index contributed by atoms with van der Waals surface area (Å²) in [4.78, 5) is 26.4. The minimum absolute atomic E-state index is 0.0969. The Labute approximate surface area is 170 Å². The Kier molecular flexibility index (Phi) is 7.00. The predicted molar refractivity (Wildman–Crippen MR) is 111 cm³/mol. The quantitative estimate of drug-likeness (QED) is 0.418. The van der Waals surface area contributed by atoms with E-state index < -0.39 is 6.16 Å². The summed E-state index contributed by atoms with van der Waals surface area (Å²) in [5.41, 5.74) is 2.63. The summed E-state index contributed by atoms with van der Waals surface area (Å²) in [6, 6.07) is 26.2. The van der Waals surface area contributed by atoms with Crippen LogP contribution in [0, 0.1) is 0 Å². The molecule has 148 valence electrons. The molecule has 0 atom stereocenters. The second-order valence-electron chi connectivity index (χ2n) is 6.44. The van der Waals surface area contributed by atoms with Crippen molar-refractivity contribution >= 4 is 12.1 Å². The van der Waals surface area contributed by atoms with E-state index in [-0.39, 0.29) is 12.5 Å². The molecule has 0 bridgehead atoms. The van der Waals surface area contributed by atoms with Gasteiger partial charge in [0.15, 0.2) is 0 Å². The van der Waals surface area contributed by atoms with E-state index >= 15 is 0 Å². The van der Waals surface area contributed by atoms with Crippen molar-refractivity contribution in [1.82, 2.24) is 4.90 Å². The Morgan fingerprint density at radius 3 is 1.76 bits per heavy atom. The second-order valence-corrected chi connectivity index (χ2v) is 6.44. The van der Waals surface area contributed by atoms with Gasteiger partial charge in [-0.05, 0) is 42.3 Å². The molecule has 3 aromatic rings. The number of carbonyl (C=O) groups excluding carboxylic acids is 2. The molecule has 0 saturated carbocycles. The highest BCUT2D eigenvalue weighted by Crippen LogP contribution is 2.18. The number of benzene rings is 3. The molecule has 29 heavy (non-hydrogen) atoms. The molecule has 3 aromatic carbocycles. The molecule has 0 aliphatic carbocycles. The summed E-state index contributed by atoms with van der Waals surface area (Å²) in [7, 11) is 0. The number of amides is 1. The van der Waals surface area contributed by atoms with Crippen molar-refractivity contribution in [1.29, 1.82) is 0 Å². The molecule has 0 fully saturated rings. The van der Waals surface area contributed by atoms with E-state index in [1.807, 2.05) is 60.7 Å². The second kappa shape index (κ2) is 10.1. The Bertz CT molecular complexity index is 883. The topological polar surface area (TPSA) is 55.8 Å². The van der Waals surface area contributed by atoms with Crippen LogP contribution in [-0.2, 0) is 17.8 Å². The highest BCUT2D eigenvalue weighted by atomic mass is 16.7. The molecule has 0 unspecified atom stereocenters. The maximum atomic E-state index is 13.2. The van der Waals surface area contributed by atoms with Gasteiger partial charge >= 0.3 is 6.16 Å². The first-order valence-electron chi connectivity index (χ1n) is 9.47. The van der Waals surface area contributed by atoms with E-state index in [0.717, 1.165) is 11.1 Å². The minimum atomic E-state index is -0.763. The van der Waals surface area contributed by atoms with E-state index in [4.69, 9.17) is 9.47 Å². The van der Waals surface area contributed by atoms with Crippen LogP contribution >= 0.6 is 0 Å². The van der Waals surface area contributed by atoms with Gasteiger partial charge in [-0.3, -0.25) is 4.79 Å². The fourth-order valence-electron chi connectivity index (χ4n) is 2.90. The smallest absolute Gasteiger partial charge is 0.434 e. The number of hydrogen-bond donors (Lipinski definition) is 0. The van der Waals surface area contributed by atoms with Crippen LogP contribution in [0.2, 0.25) is 0 Å². The van der Waals surface area contributed by atoms with Crippen LogP contribution in [0.4, 0.5) is 4.79 Å². The van der Waals surface area contributed by atoms with Gasteiger partial charge in [0.2, 0.25) is 0 Å². The Hall–Kier alpha value is -3.60. The summed E-state index contributed by atoms with van der Waals surface area (Å²) in [6.07, 6.45) is -0.763. The van der Waals surface area contributed by atoms with Crippen molar-refractivity contribution in [3.8, 4) is 5.75 Å². The summed E-state index contributed by atoms with van der Waals surface area (Å²) >= 11 is 0. The molecule has 0 N–H and O–H groups in total. The van der Waals surface area contributed by atoms with Crippen LogP contribution in [0.3, 0.4) is 0 Å².